The number of benzene rings is 2. The molecule has 0 aliphatic carbocycles. The molecule has 0 saturated heterocycles. The van der Waals surface area contributed by atoms with Crippen molar-refractivity contribution in [2.75, 3.05) is 0 Å². The minimum absolute atomic E-state index is 0.745. The third kappa shape index (κ3) is 1.28. The van der Waals surface area contributed by atoms with E-state index in [2.05, 4.69) is 5.92 Å². The molecular weight excluding hydrogens is 180 g/mol. The first kappa shape index (κ1) is 8.16. The number of fused-ring (bicyclic) bond motifs is 1. The molecule has 0 N–H and O–H groups in total. The molecule has 0 bridgehead atoms. The summed E-state index contributed by atoms with van der Waals surface area (Å²) in [5, 5.41) is 2.80. The Bertz CT molecular complexity index is 492. The quantitative estimate of drug-likeness (QED) is 0.553. The van der Waals surface area contributed by atoms with Crippen LogP contribution in [0.4, 0.5) is 0 Å². The Labute approximate surface area is 82.1 Å². The summed E-state index contributed by atoms with van der Waals surface area (Å²) in [5.74, 6) is 2.64. The lowest BCUT2D eigenvalue weighted by molar-refractivity contribution is 1.70. The van der Waals surface area contributed by atoms with E-state index >= 15 is 0 Å². The summed E-state index contributed by atoms with van der Waals surface area (Å²) in [6, 6.07) is 11.6. The molecule has 0 saturated carbocycles. The zero-order valence-electron chi connectivity index (χ0n) is 6.92. The minimum Gasteiger partial charge on any atom is -0.115 e. The summed E-state index contributed by atoms with van der Waals surface area (Å²) >= 11 is 6.02. The summed E-state index contributed by atoms with van der Waals surface area (Å²) < 4.78 is 0. The molecule has 0 aliphatic rings. The van der Waals surface area contributed by atoms with Crippen LogP contribution in [0.25, 0.3) is 10.8 Å². The molecule has 62 valence electrons. The molecule has 2 rings (SSSR count). The molecule has 0 spiro atoms. The zero-order valence-corrected chi connectivity index (χ0v) is 7.68. The van der Waals surface area contributed by atoms with Crippen molar-refractivity contribution in [3.63, 3.8) is 0 Å². The number of terminal acetylenes is 1. The average Bonchev–Trinajstić information content (AvgIpc) is 2.19. The highest BCUT2D eigenvalue weighted by atomic mass is 35.5. The number of hydrogen-bond acceptors (Lipinski definition) is 0. The molecule has 0 nitrogen and oxygen atoms in total. The van der Waals surface area contributed by atoms with Gasteiger partial charge < -0.3 is 0 Å². The van der Waals surface area contributed by atoms with Crippen molar-refractivity contribution < 1.29 is 0 Å². The number of halogens is 1. The Morgan fingerprint density at radius 3 is 2.38 bits per heavy atom. The molecule has 13 heavy (non-hydrogen) atoms. The van der Waals surface area contributed by atoms with Crippen LogP contribution in [0.3, 0.4) is 0 Å². The molecule has 0 heterocycles. The van der Waals surface area contributed by atoms with Gasteiger partial charge in [0.25, 0.3) is 0 Å². The van der Waals surface area contributed by atoms with E-state index in [1.807, 2.05) is 36.4 Å². The molecular formula is C12H7Cl. The molecule has 1 heteroatoms. The smallest absolute Gasteiger partial charge is 0.0485 e. The molecule has 0 atom stereocenters. The highest BCUT2D eigenvalue weighted by Gasteiger charge is 2.00. The SMILES string of the molecule is C#Cc1ccc(Cl)c2ccccc12. The fraction of sp³-hybridized carbons (Fsp3) is 0. The van der Waals surface area contributed by atoms with Gasteiger partial charge in [0, 0.05) is 16.0 Å². The maximum absolute atomic E-state index is 6.02. The number of hydrogen-bond donors (Lipinski definition) is 0. The Morgan fingerprint density at radius 2 is 1.69 bits per heavy atom. The molecule has 0 amide bonds. The van der Waals surface area contributed by atoms with E-state index in [9.17, 15) is 0 Å². The van der Waals surface area contributed by atoms with Crippen molar-refractivity contribution in [3.8, 4) is 12.3 Å². The van der Waals surface area contributed by atoms with E-state index in [1.54, 1.807) is 0 Å². The second-order valence-corrected chi connectivity index (χ2v) is 3.19. The average molecular weight is 187 g/mol. The first-order chi connectivity index (χ1) is 6.33. The van der Waals surface area contributed by atoms with Gasteiger partial charge in [-0.1, -0.05) is 41.8 Å². The van der Waals surface area contributed by atoms with Crippen LogP contribution in [-0.2, 0) is 0 Å². The van der Waals surface area contributed by atoms with Crippen LogP contribution >= 0.6 is 11.6 Å². The van der Waals surface area contributed by atoms with Gasteiger partial charge in [0.2, 0.25) is 0 Å². The van der Waals surface area contributed by atoms with Crippen molar-refractivity contribution in [2.24, 2.45) is 0 Å². The first-order valence-electron chi connectivity index (χ1n) is 3.97. The van der Waals surface area contributed by atoms with Crippen molar-refractivity contribution >= 4 is 22.4 Å². The third-order valence-electron chi connectivity index (χ3n) is 2.03. The predicted octanol–water partition coefficient (Wildman–Crippen LogP) is 3.47. The zero-order chi connectivity index (χ0) is 9.26. The fourth-order valence-corrected chi connectivity index (χ4v) is 1.62. The largest absolute Gasteiger partial charge is 0.115 e. The molecule has 0 aromatic heterocycles. The molecule has 0 unspecified atom stereocenters. The summed E-state index contributed by atoms with van der Waals surface area (Å²) in [4.78, 5) is 0. The van der Waals surface area contributed by atoms with Crippen LogP contribution < -0.4 is 0 Å². The maximum atomic E-state index is 6.02. The lowest BCUT2D eigenvalue weighted by atomic mass is 10.1. The van der Waals surface area contributed by atoms with E-state index in [1.165, 1.54) is 0 Å². The van der Waals surface area contributed by atoms with Gasteiger partial charge in [-0.2, -0.15) is 0 Å². The summed E-state index contributed by atoms with van der Waals surface area (Å²) in [5.41, 5.74) is 0.889. The van der Waals surface area contributed by atoms with Gasteiger partial charge in [-0.25, -0.2) is 0 Å². The van der Waals surface area contributed by atoms with Crippen molar-refractivity contribution in [1.82, 2.24) is 0 Å². The third-order valence-corrected chi connectivity index (χ3v) is 2.36. The summed E-state index contributed by atoms with van der Waals surface area (Å²) in [6.07, 6.45) is 5.37. The standard InChI is InChI=1S/C12H7Cl/c1-2-9-7-8-12(13)11-6-4-3-5-10(9)11/h1,3-8H. The molecule has 2 aromatic carbocycles. The van der Waals surface area contributed by atoms with Crippen molar-refractivity contribution in [1.29, 1.82) is 0 Å². The van der Waals surface area contributed by atoms with E-state index in [0.717, 1.165) is 21.4 Å². The van der Waals surface area contributed by atoms with Gasteiger partial charge in [-0.05, 0) is 17.5 Å². The normalized spacial score (nSPS) is 9.85. The first-order valence-corrected chi connectivity index (χ1v) is 4.34. The Morgan fingerprint density at radius 1 is 1.00 bits per heavy atom. The van der Waals surface area contributed by atoms with Crippen molar-refractivity contribution in [3.05, 3.63) is 47.0 Å². The monoisotopic (exact) mass is 186 g/mol. The lowest BCUT2D eigenvalue weighted by Gasteiger charge is -2.01. The predicted molar refractivity (Wildman–Crippen MR) is 56.9 cm³/mol. The van der Waals surface area contributed by atoms with Gasteiger partial charge in [0.1, 0.15) is 0 Å². The maximum Gasteiger partial charge on any atom is 0.0485 e. The minimum atomic E-state index is 0.745. The Kier molecular flexibility index (Phi) is 1.96. The van der Waals surface area contributed by atoms with Crippen LogP contribution in [0.1, 0.15) is 5.56 Å². The van der Waals surface area contributed by atoms with Gasteiger partial charge >= 0.3 is 0 Å². The van der Waals surface area contributed by atoms with E-state index in [4.69, 9.17) is 18.0 Å². The van der Waals surface area contributed by atoms with Crippen LogP contribution in [0.15, 0.2) is 36.4 Å². The highest BCUT2D eigenvalue weighted by Crippen LogP contribution is 2.25. The Hall–Kier alpha value is -1.45. The van der Waals surface area contributed by atoms with E-state index in [0.29, 0.717) is 0 Å². The van der Waals surface area contributed by atoms with Gasteiger partial charge in [0.05, 0.1) is 0 Å². The van der Waals surface area contributed by atoms with Crippen LogP contribution in [0.2, 0.25) is 5.02 Å². The highest BCUT2D eigenvalue weighted by molar-refractivity contribution is 6.35. The lowest BCUT2D eigenvalue weighted by Crippen LogP contribution is -1.79. The molecule has 0 fully saturated rings. The summed E-state index contributed by atoms with van der Waals surface area (Å²) in [7, 11) is 0. The van der Waals surface area contributed by atoms with E-state index in [-0.39, 0.29) is 0 Å². The topological polar surface area (TPSA) is 0 Å². The second kappa shape index (κ2) is 3.12. The van der Waals surface area contributed by atoms with Crippen LogP contribution in [-0.4, -0.2) is 0 Å². The second-order valence-electron chi connectivity index (χ2n) is 2.78. The van der Waals surface area contributed by atoms with Gasteiger partial charge in [-0.15, -0.1) is 6.42 Å². The fourth-order valence-electron chi connectivity index (χ4n) is 1.39. The molecule has 2 aromatic rings. The number of rotatable bonds is 0. The van der Waals surface area contributed by atoms with Gasteiger partial charge in [-0.3, -0.25) is 0 Å². The molecule has 0 radical (unpaired) electrons. The van der Waals surface area contributed by atoms with Crippen molar-refractivity contribution in [2.45, 2.75) is 0 Å². The van der Waals surface area contributed by atoms with Gasteiger partial charge in [0.15, 0.2) is 0 Å². The van der Waals surface area contributed by atoms with Crippen LogP contribution in [0.5, 0.6) is 0 Å². The van der Waals surface area contributed by atoms with E-state index < -0.39 is 0 Å². The van der Waals surface area contributed by atoms with Crippen LogP contribution in [0, 0.1) is 12.3 Å². The summed E-state index contributed by atoms with van der Waals surface area (Å²) in [6.45, 7) is 0. The Balaban J connectivity index is 2.95. The molecule has 0 aliphatic heterocycles.